The van der Waals surface area contributed by atoms with Crippen LogP contribution in [0.3, 0.4) is 0 Å². The Balaban J connectivity index is 2.14. The van der Waals surface area contributed by atoms with Gasteiger partial charge in [0, 0.05) is 18.3 Å². The number of rotatable bonds is 1. The first kappa shape index (κ1) is 5.45. The molecule has 1 aliphatic rings. The molecule has 0 aliphatic carbocycles. The van der Waals surface area contributed by atoms with Crippen LogP contribution in [0.2, 0.25) is 0 Å². The predicted octanol–water partition coefficient (Wildman–Crippen LogP) is 0.524. The highest BCUT2D eigenvalue weighted by Crippen LogP contribution is 2.12. The van der Waals surface area contributed by atoms with Crippen LogP contribution in [0.15, 0.2) is 0 Å². The molecule has 0 aromatic rings. The zero-order valence-electron chi connectivity index (χ0n) is 4.52. The molecule has 0 saturated carbocycles. The lowest BCUT2D eigenvalue weighted by atomic mass is 10.0. The Kier molecular flexibility index (Phi) is 1.60. The molecular formula is C5H11NS. The standard InChI is InChI=1S/C5H11NS/c1-4(7)5-2-6-3-5/h4-7H,2-3H2,1H3. The lowest BCUT2D eigenvalue weighted by Crippen LogP contribution is -2.45. The summed E-state index contributed by atoms with van der Waals surface area (Å²) < 4.78 is 0. The van der Waals surface area contributed by atoms with Crippen molar-refractivity contribution in [1.29, 1.82) is 0 Å². The van der Waals surface area contributed by atoms with Crippen molar-refractivity contribution in [3.63, 3.8) is 0 Å². The van der Waals surface area contributed by atoms with Gasteiger partial charge in [0.2, 0.25) is 0 Å². The van der Waals surface area contributed by atoms with E-state index < -0.39 is 0 Å². The van der Waals surface area contributed by atoms with Gasteiger partial charge in [-0.15, -0.1) is 0 Å². The molecule has 0 spiro atoms. The number of thiol groups is 1. The fraction of sp³-hybridized carbons (Fsp3) is 1.00. The van der Waals surface area contributed by atoms with Gasteiger partial charge >= 0.3 is 0 Å². The third kappa shape index (κ3) is 1.10. The van der Waals surface area contributed by atoms with E-state index in [1.807, 2.05) is 0 Å². The maximum atomic E-state index is 4.28. The van der Waals surface area contributed by atoms with Crippen LogP contribution in [0.4, 0.5) is 0 Å². The second-order valence-electron chi connectivity index (χ2n) is 2.16. The summed E-state index contributed by atoms with van der Waals surface area (Å²) in [5.74, 6) is 0.836. The van der Waals surface area contributed by atoms with Gasteiger partial charge in [-0.2, -0.15) is 12.6 Å². The maximum Gasteiger partial charge on any atom is 0.00410 e. The van der Waals surface area contributed by atoms with Crippen molar-refractivity contribution < 1.29 is 0 Å². The summed E-state index contributed by atoms with van der Waals surface area (Å²) in [5.41, 5.74) is 0. The molecule has 1 fully saturated rings. The van der Waals surface area contributed by atoms with Crippen molar-refractivity contribution in [2.24, 2.45) is 5.92 Å². The molecule has 0 radical (unpaired) electrons. The Morgan fingerprint density at radius 2 is 2.29 bits per heavy atom. The first-order chi connectivity index (χ1) is 3.30. The molecule has 1 N–H and O–H groups in total. The third-order valence-electron chi connectivity index (χ3n) is 1.50. The van der Waals surface area contributed by atoms with E-state index in [2.05, 4.69) is 24.9 Å². The van der Waals surface area contributed by atoms with Gasteiger partial charge in [-0.3, -0.25) is 0 Å². The van der Waals surface area contributed by atoms with Crippen molar-refractivity contribution in [2.75, 3.05) is 13.1 Å². The highest BCUT2D eigenvalue weighted by atomic mass is 32.1. The highest BCUT2D eigenvalue weighted by molar-refractivity contribution is 7.80. The van der Waals surface area contributed by atoms with Crippen molar-refractivity contribution in [1.82, 2.24) is 5.32 Å². The normalized spacial score (nSPS) is 26.6. The molecule has 0 aromatic heterocycles. The number of nitrogens with one attached hydrogen (secondary N) is 1. The number of hydrogen-bond acceptors (Lipinski definition) is 2. The second kappa shape index (κ2) is 2.05. The molecule has 7 heavy (non-hydrogen) atoms. The van der Waals surface area contributed by atoms with Gasteiger partial charge in [0.05, 0.1) is 0 Å². The first-order valence-electron chi connectivity index (χ1n) is 2.69. The average Bonchev–Trinajstić information content (AvgIpc) is 1.23. The van der Waals surface area contributed by atoms with Crippen LogP contribution in [0.5, 0.6) is 0 Å². The minimum Gasteiger partial charge on any atom is -0.316 e. The molecule has 1 rings (SSSR count). The SMILES string of the molecule is CC(S)C1CNC1. The van der Waals surface area contributed by atoms with Gasteiger partial charge < -0.3 is 5.32 Å². The minimum atomic E-state index is 0.584. The molecule has 2 heteroatoms. The van der Waals surface area contributed by atoms with Gasteiger partial charge in [0.15, 0.2) is 0 Å². The lowest BCUT2D eigenvalue weighted by molar-refractivity contribution is 0.348. The van der Waals surface area contributed by atoms with E-state index in [1.165, 1.54) is 13.1 Å². The third-order valence-corrected chi connectivity index (χ3v) is 1.92. The van der Waals surface area contributed by atoms with Crippen LogP contribution in [-0.4, -0.2) is 18.3 Å². The zero-order chi connectivity index (χ0) is 5.28. The Labute approximate surface area is 49.9 Å². The van der Waals surface area contributed by atoms with Crippen molar-refractivity contribution in [2.45, 2.75) is 12.2 Å². The summed E-state index contributed by atoms with van der Waals surface area (Å²) in [5, 5.41) is 3.78. The van der Waals surface area contributed by atoms with E-state index in [0.717, 1.165) is 5.92 Å². The molecule has 1 aliphatic heterocycles. The molecule has 0 amide bonds. The maximum absolute atomic E-state index is 4.28. The highest BCUT2D eigenvalue weighted by Gasteiger charge is 2.19. The zero-order valence-corrected chi connectivity index (χ0v) is 5.41. The van der Waals surface area contributed by atoms with Crippen LogP contribution < -0.4 is 5.32 Å². The molecule has 0 bridgehead atoms. The Hall–Kier alpha value is 0.310. The molecular weight excluding hydrogens is 106 g/mol. The van der Waals surface area contributed by atoms with Gasteiger partial charge in [0.1, 0.15) is 0 Å². The van der Waals surface area contributed by atoms with Crippen LogP contribution >= 0.6 is 12.6 Å². The Morgan fingerprint density at radius 3 is 2.29 bits per heavy atom. The van der Waals surface area contributed by atoms with E-state index in [0.29, 0.717) is 5.25 Å². The number of hydrogen-bond donors (Lipinski definition) is 2. The summed E-state index contributed by atoms with van der Waals surface area (Å²) >= 11 is 4.28. The van der Waals surface area contributed by atoms with Gasteiger partial charge in [-0.05, 0) is 5.92 Å². The topological polar surface area (TPSA) is 12.0 Å². The molecule has 42 valence electrons. The van der Waals surface area contributed by atoms with Crippen LogP contribution in [0, 0.1) is 5.92 Å². The van der Waals surface area contributed by atoms with E-state index in [-0.39, 0.29) is 0 Å². The monoisotopic (exact) mass is 117 g/mol. The fourth-order valence-corrected chi connectivity index (χ4v) is 0.863. The van der Waals surface area contributed by atoms with E-state index in [4.69, 9.17) is 0 Å². The molecule has 1 unspecified atom stereocenters. The van der Waals surface area contributed by atoms with Crippen LogP contribution in [0.25, 0.3) is 0 Å². The molecule has 1 atom stereocenters. The van der Waals surface area contributed by atoms with Crippen LogP contribution in [0.1, 0.15) is 6.92 Å². The van der Waals surface area contributed by atoms with Crippen molar-refractivity contribution in [3.05, 3.63) is 0 Å². The molecule has 0 aromatic carbocycles. The average molecular weight is 117 g/mol. The van der Waals surface area contributed by atoms with E-state index in [9.17, 15) is 0 Å². The summed E-state index contributed by atoms with van der Waals surface area (Å²) in [6.45, 7) is 4.49. The first-order valence-corrected chi connectivity index (χ1v) is 3.21. The fourth-order valence-electron chi connectivity index (χ4n) is 0.652. The molecule has 1 nitrogen and oxygen atoms in total. The summed E-state index contributed by atoms with van der Waals surface area (Å²) in [6, 6.07) is 0. The van der Waals surface area contributed by atoms with Gasteiger partial charge in [0.25, 0.3) is 0 Å². The molecule has 1 saturated heterocycles. The predicted molar refractivity (Wildman–Crippen MR) is 34.8 cm³/mol. The minimum absolute atomic E-state index is 0.584. The van der Waals surface area contributed by atoms with Gasteiger partial charge in [-0.25, -0.2) is 0 Å². The smallest absolute Gasteiger partial charge is 0.00410 e. The van der Waals surface area contributed by atoms with E-state index >= 15 is 0 Å². The summed E-state index contributed by atoms with van der Waals surface area (Å²) in [4.78, 5) is 0. The molecule has 1 heterocycles. The van der Waals surface area contributed by atoms with E-state index in [1.54, 1.807) is 0 Å². The summed E-state index contributed by atoms with van der Waals surface area (Å²) in [6.07, 6.45) is 0. The lowest BCUT2D eigenvalue weighted by Gasteiger charge is -2.29. The second-order valence-corrected chi connectivity index (χ2v) is 2.97. The Bertz CT molecular complexity index is 59.1. The van der Waals surface area contributed by atoms with Gasteiger partial charge in [-0.1, -0.05) is 6.92 Å². The summed E-state index contributed by atoms with van der Waals surface area (Å²) in [7, 11) is 0. The largest absolute Gasteiger partial charge is 0.316 e. The van der Waals surface area contributed by atoms with Crippen molar-refractivity contribution in [3.8, 4) is 0 Å². The van der Waals surface area contributed by atoms with Crippen LogP contribution in [-0.2, 0) is 0 Å². The van der Waals surface area contributed by atoms with Crippen molar-refractivity contribution >= 4 is 12.6 Å². The Morgan fingerprint density at radius 1 is 1.71 bits per heavy atom. The quantitative estimate of drug-likeness (QED) is 0.477.